The first-order chi connectivity index (χ1) is 9.24. The molecule has 0 spiro atoms. The predicted octanol–water partition coefficient (Wildman–Crippen LogP) is 4.28. The van der Waals surface area contributed by atoms with Gasteiger partial charge in [0.05, 0.1) is 5.92 Å². The van der Waals surface area contributed by atoms with Crippen molar-refractivity contribution in [3.05, 3.63) is 58.6 Å². The van der Waals surface area contributed by atoms with Gasteiger partial charge in [0, 0.05) is 20.8 Å². The van der Waals surface area contributed by atoms with Crippen molar-refractivity contribution < 1.29 is 4.79 Å². The van der Waals surface area contributed by atoms with Crippen molar-refractivity contribution in [3.63, 3.8) is 0 Å². The van der Waals surface area contributed by atoms with E-state index in [4.69, 9.17) is 0 Å². The van der Waals surface area contributed by atoms with Crippen LogP contribution in [0, 0.1) is 0 Å². The average molecular weight is 334 g/mol. The molecule has 0 bridgehead atoms. The van der Waals surface area contributed by atoms with E-state index in [1.165, 1.54) is 4.90 Å². The highest BCUT2D eigenvalue weighted by atomic mass is 79.9. The maximum atomic E-state index is 12.3. The van der Waals surface area contributed by atoms with Gasteiger partial charge in [-0.3, -0.25) is 4.79 Å². The smallest absolute Gasteiger partial charge is 0.232 e. The lowest BCUT2D eigenvalue weighted by molar-refractivity contribution is -0.117. The number of anilines is 1. The van der Waals surface area contributed by atoms with Crippen LogP contribution in [0.2, 0.25) is 0 Å². The van der Waals surface area contributed by atoms with E-state index >= 15 is 0 Å². The van der Waals surface area contributed by atoms with E-state index in [0.29, 0.717) is 0 Å². The molecule has 1 atom stereocenters. The Kier molecular flexibility index (Phi) is 3.62. The van der Waals surface area contributed by atoms with Crippen LogP contribution in [0.4, 0.5) is 5.69 Å². The summed E-state index contributed by atoms with van der Waals surface area (Å²) in [5, 5.41) is 2.98. The number of hydrogen-bond acceptors (Lipinski definition) is 2. The summed E-state index contributed by atoms with van der Waals surface area (Å²) in [6.07, 6.45) is 0. The molecule has 0 saturated heterocycles. The first kappa shape index (κ1) is 12.8. The van der Waals surface area contributed by atoms with Crippen molar-refractivity contribution in [2.75, 3.05) is 11.1 Å². The average Bonchev–Trinajstić information content (AvgIpc) is 2.82. The van der Waals surface area contributed by atoms with E-state index in [-0.39, 0.29) is 11.8 Å². The minimum absolute atomic E-state index is 0.0554. The second kappa shape index (κ2) is 5.39. The maximum Gasteiger partial charge on any atom is 0.232 e. The molecule has 3 rings (SSSR count). The number of hydrogen-bond donors (Lipinski definition) is 1. The lowest BCUT2D eigenvalue weighted by Gasteiger charge is -2.11. The molecule has 1 aliphatic heterocycles. The van der Waals surface area contributed by atoms with Gasteiger partial charge >= 0.3 is 0 Å². The highest BCUT2D eigenvalue weighted by molar-refractivity contribution is 9.10. The van der Waals surface area contributed by atoms with Gasteiger partial charge in [0.1, 0.15) is 0 Å². The van der Waals surface area contributed by atoms with Gasteiger partial charge in [-0.25, -0.2) is 0 Å². The largest absolute Gasteiger partial charge is 0.325 e. The van der Waals surface area contributed by atoms with Crippen LogP contribution in [-0.4, -0.2) is 11.7 Å². The summed E-state index contributed by atoms with van der Waals surface area (Å²) in [7, 11) is 0. The van der Waals surface area contributed by atoms with Gasteiger partial charge in [0.15, 0.2) is 0 Å². The molecule has 0 aliphatic carbocycles. The van der Waals surface area contributed by atoms with Crippen molar-refractivity contribution in [1.82, 2.24) is 0 Å². The van der Waals surface area contributed by atoms with E-state index < -0.39 is 0 Å². The number of nitrogens with one attached hydrogen (secondary N) is 1. The summed E-state index contributed by atoms with van der Waals surface area (Å²) in [6, 6.07) is 15.8. The molecule has 0 aromatic heterocycles. The quantitative estimate of drug-likeness (QED) is 0.888. The first-order valence-electron chi connectivity index (χ1n) is 6.02. The zero-order valence-electron chi connectivity index (χ0n) is 10.1. The summed E-state index contributed by atoms with van der Waals surface area (Å²) in [5.74, 6) is 0.829. The Labute approximate surface area is 124 Å². The van der Waals surface area contributed by atoms with Crippen LogP contribution in [-0.2, 0) is 4.79 Å². The zero-order chi connectivity index (χ0) is 13.2. The minimum atomic E-state index is -0.0554. The Morgan fingerprint density at radius 1 is 1.21 bits per heavy atom. The number of amides is 1. The van der Waals surface area contributed by atoms with Crippen molar-refractivity contribution in [2.45, 2.75) is 10.8 Å². The molecule has 2 aromatic carbocycles. The number of halogens is 1. The van der Waals surface area contributed by atoms with E-state index in [9.17, 15) is 4.79 Å². The highest BCUT2D eigenvalue weighted by Gasteiger charge is 2.28. The van der Waals surface area contributed by atoms with Crippen molar-refractivity contribution in [3.8, 4) is 0 Å². The van der Waals surface area contributed by atoms with Gasteiger partial charge in [0.2, 0.25) is 5.91 Å². The second-order valence-corrected chi connectivity index (χ2v) is 6.38. The molecular weight excluding hydrogens is 322 g/mol. The molecule has 2 aromatic rings. The SMILES string of the molecule is O=C(Nc1cccc(Br)c1)C1CSc2ccccc21. The monoisotopic (exact) mass is 333 g/mol. The Bertz CT molecular complexity index is 629. The van der Waals surface area contributed by atoms with E-state index in [1.807, 2.05) is 42.5 Å². The third-order valence-electron chi connectivity index (χ3n) is 3.11. The normalized spacial score (nSPS) is 17.0. The lowest BCUT2D eigenvalue weighted by atomic mass is 10.0. The summed E-state index contributed by atoms with van der Waals surface area (Å²) in [4.78, 5) is 13.6. The first-order valence-corrected chi connectivity index (χ1v) is 7.80. The number of rotatable bonds is 2. The van der Waals surface area contributed by atoms with Gasteiger partial charge in [-0.1, -0.05) is 40.2 Å². The lowest BCUT2D eigenvalue weighted by Crippen LogP contribution is -2.20. The molecular formula is C15H12BrNOS. The third-order valence-corrected chi connectivity index (χ3v) is 4.78. The Morgan fingerprint density at radius 3 is 2.89 bits per heavy atom. The number of carbonyl (C=O) groups excluding carboxylic acids is 1. The number of carbonyl (C=O) groups is 1. The Balaban J connectivity index is 1.79. The predicted molar refractivity (Wildman–Crippen MR) is 82.7 cm³/mol. The van der Waals surface area contributed by atoms with Crippen molar-refractivity contribution in [1.29, 1.82) is 0 Å². The van der Waals surface area contributed by atoms with Gasteiger partial charge in [-0.2, -0.15) is 0 Å². The maximum absolute atomic E-state index is 12.3. The van der Waals surface area contributed by atoms with Crippen LogP contribution in [0.25, 0.3) is 0 Å². The molecule has 0 radical (unpaired) electrons. The fourth-order valence-corrected chi connectivity index (χ4v) is 3.80. The fraction of sp³-hybridized carbons (Fsp3) is 0.133. The highest BCUT2D eigenvalue weighted by Crippen LogP contribution is 2.39. The minimum Gasteiger partial charge on any atom is -0.325 e. The molecule has 96 valence electrons. The zero-order valence-corrected chi connectivity index (χ0v) is 12.5. The summed E-state index contributed by atoms with van der Waals surface area (Å²) >= 11 is 5.15. The molecule has 1 aliphatic rings. The van der Waals surface area contributed by atoms with Gasteiger partial charge in [-0.05, 0) is 29.8 Å². The molecule has 1 heterocycles. The van der Waals surface area contributed by atoms with E-state index in [2.05, 4.69) is 27.3 Å². The van der Waals surface area contributed by atoms with Crippen LogP contribution in [0.3, 0.4) is 0 Å². The van der Waals surface area contributed by atoms with Crippen LogP contribution in [0.15, 0.2) is 57.9 Å². The van der Waals surface area contributed by atoms with Gasteiger partial charge in [-0.15, -0.1) is 11.8 Å². The van der Waals surface area contributed by atoms with Crippen LogP contribution in [0.5, 0.6) is 0 Å². The molecule has 0 fully saturated rings. The van der Waals surface area contributed by atoms with Crippen molar-refractivity contribution in [2.24, 2.45) is 0 Å². The van der Waals surface area contributed by atoms with Crippen LogP contribution >= 0.6 is 27.7 Å². The molecule has 1 unspecified atom stereocenters. The molecule has 0 saturated carbocycles. The van der Waals surface area contributed by atoms with E-state index in [1.54, 1.807) is 11.8 Å². The molecule has 2 nitrogen and oxygen atoms in total. The van der Waals surface area contributed by atoms with Crippen LogP contribution < -0.4 is 5.32 Å². The molecule has 1 amide bonds. The topological polar surface area (TPSA) is 29.1 Å². The summed E-state index contributed by atoms with van der Waals surface area (Å²) < 4.78 is 0.964. The Morgan fingerprint density at radius 2 is 2.05 bits per heavy atom. The molecule has 1 N–H and O–H groups in total. The standard InChI is InChI=1S/C15H12BrNOS/c16-10-4-3-5-11(8-10)17-15(18)13-9-19-14-7-2-1-6-12(13)14/h1-8,13H,9H2,(H,17,18). The fourth-order valence-electron chi connectivity index (χ4n) is 2.18. The number of fused-ring (bicyclic) bond motifs is 1. The summed E-state index contributed by atoms with van der Waals surface area (Å²) in [6.45, 7) is 0. The second-order valence-electron chi connectivity index (χ2n) is 4.40. The van der Waals surface area contributed by atoms with E-state index in [0.717, 1.165) is 21.5 Å². The molecule has 4 heteroatoms. The van der Waals surface area contributed by atoms with Crippen LogP contribution in [0.1, 0.15) is 11.5 Å². The molecule has 19 heavy (non-hydrogen) atoms. The van der Waals surface area contributed by atoms with Gasteiger partial charge < -0.3 is 5.32 Å². The number of benzene rings is 2. The Hall–Kier alpha value is -1.26. The van der Waals surface area contributed by atoms with Gasteiger partial charge in [0.25, 0.3) is 0 Å². The third kappa shape index (κ3) is 2.69. The van der Waals surface area contributed by atoms with Crippen molar-refractivity contribution >= 4 is 39.3 Å². The summed E-state index contributed by atoms with van der Waals surface area (Å²) in [5.41, 5.74) is 1.97. The number of thioether (sulfide) groups is 1.